The van der Waals surface area contributed by atoms with Crippen LogP contribution >= 0.6 is 0 Å². The molecule has 3 rings (SSSR count). The highest BCUT2D eigenvalue weighted by Gasteiger charge is 2.36. The van der Waals surface area contributed by atoms with Crippen molar-refractivity contribution in [3.8, 4) is 0 Å². The molecule has 4 nitrogen and oxygen atoms in total. The fourth-order valence-corrected chi connectivity index (χ4v) is 3.56. The molecule has 0 aliphatic heterocycles. The first-order valence-electron chi connectivity index (χ1n) is 8.27. The first-order chi connectivity index (χ1) is 11.2. The van der Waals surface area contributed by atoms with Gasteiger partial charge in [-0.3, -0.25) is 4.79 Å². The van der Waals surface area contributed by atoms with E-state index < -0.39 is 0 Å². The lowest BCUT2D eigenvalue weighted by atomic mass is 9.88. The summed E-state index contributed by atoms with van der Waals surface area (Å²) in [5, 5.41) is 0. The Morgan fingerprint density at radius 3 is 2.30 bits per heavy atom. The first-order valence-corrected chi connectivity index (χ1v) is 8.27. The van der Waals surface area contributed by atoms with Crippen molar-refractivity contribution < 1.29 is 9.21 Å². The highest BCUT2D eigenvalue weighted by Crippen LogP contribution is 2.31. The fraction of sp³-hybridized carbons (Fsp3) is 0.421. The molecule has 1 aliphatic rings. The highest BCUT2D eigenvalue weighted by molar-refractivity contribution is 6.04. The Hall–Kier alpha value is -2.07. The summed E-state index contributed by atoms with van der Waals surface area (Å²) >= 11 is 0. The fourth-order valence-electron chi connectivity index (χ4n) is 3.56. The summed E-state index contributed by atoms with van der Waals surface area (Å²) in [5.74, 6) is 0.344. The molecule has 1 heterocycles. The normalized spacial score (nSPS) is 21.3. The van der Waals surface area contributed by atoms with Crippen LogP contribution in [0.25, 0.3) is 0 Å². The number of rotatable bonds is 4. The van der Waals surface area contributed by atoms with Crippen LogP contribution in [0, 0.1) is 0 Å². The van der Waals surface area contributed by atoms with Crippen molar-refractivity contribution in [2.75, 3.05) is 19.0 Å². The molecular weight excluding hydrogens is 288 g/mol. The van der Waals surface area contributed by atoms with Gasteiger partial charge in [0.25, 0.3) is 5.91 Å². The van der Waals surface area contributed by atoms with Crippen LogP contribution in [0.3, 0.4) is 0 Å². The molecule has 1 aliphatic carbocycles. The van der Waals surface area contributed by atoms with Crippen LogP contribution in [0.15, 0.2) is 53.1 Å². The van der Waals surface area contributed by atoms with Crippen LogP contribution in [0.5, 0.6) is 0 Å². The third kappa shape index (κ3) is 3.32. The largest absolute Gasteiger partial charge is 0.459 e. The summed E-state index contributed by atoms with van der Waals surface area (Å²) in [5.41, 5.74) is 0.938. The van der Waals surface area contributed by atoms with E-state index in [-0.39, 0.29) is 11.9 Å². The zero-order valence-electron chi connectivity index (χ0n) is 13.8. The Kier molecular flexibility index (Phi) is 4.82. The number of benzene rings is 1. The summed E-state index contributed by atoms with van der Waals surface area (Å²) in [4.78, 5) is 17.3. The Labute approximate surface area is 137 Å². The number of likely N-dealkylation sites (N-methyl/N-ethyl adjacent to an activating group) is 1. The van der Waals surface area contributed by atoms with Crippen molar-refractivity contribution in [1.29, 1.82) is 0 Å². The number of furan rings is 1. The van der Waals surface area contributed by atoms with Gasteiger partial charge in [0.1, 0.15) is 0 Å². The molecule has 0 N–H and O–H groups in total. The van der Waals surface area contributed by atoms with Crippen molar-refractivity contribution >= 4 is 11.6 Å². The SMILES string of the molecule is CN(C)C1CCCCC1N(C(=O)c1ccco1)c1ccccc1. The average molecular weight is 312 g/mol. The van der Waals surface area contributed by atoms with Crippen LogP contribution in [-0.2, 0) is 0 Å². The van der Waals surface area contributed by atoms with E-state index in [1.807, 2.05) is 35.2 Å². The van der Waals surface area contributed by atoms with E-state index in [2.05, 4.69) is 19.0 Å². The number of hydrogen-bond donors (Lipinski definition) is 0. The maximum atomic E-state index is 13.1. The molecule has 1 aromatic heterocycles. The van der Waals surface area contributed by atoms with Crippen LogP contribution < -0.4 is 4.90 Å². The van der Waals surface area contributed by atoms with Gasteiger partial charge in [-0.05, 0) is 51.2 Å². The molecule has 2 atom stereocenters. The van der Waals surface area contributed by atoms with Gasteiger partial charge >= 0.3 is 0 Å². The highest BCUT2D eigenvalue weighted by atomic mass is 16.3. The van der Waals surface area contributed by atoms with E-state index >= 15 is 0 Å². The third-order valence-electron chi connectivity index (χ3n) is 4.67. The van der Waals surface area contributed by atoms with Gasteiger partial charge < -0.3 is 14.2 Å². The molecule has 2 unspecified atom stereocenters. The van der Waals surface area contributed by atoms with Gasteiger partial charge in [-0.1, -0.05) is 31.0 Å². The summed E-state index contributed by atoms with van der Waals surface area (Å²) in [7, 11) is 4.20. The Bertz CT molecular complexity index is 622. The van der Waals surface area contributed by atoms with Crippen molar-refractivity contribution in [3.05, 3.63) is 54.5 Å². The molecule has 122 valence electrons. The maximum absolute atomic E-state index is 13.1. The summed E-state index contributed by atoms with van der Waals surface area (Å²) in [6, 6.07) is 14.0. The van der Waals surface area contributed by atoms with Gasteiger partial charge in [0.05, 0.1) is 12.3 Å². The molecule has 1 amide bonds. The summed E-state index contributed by atoms with van der Waals surface area (Å²) < 4.78 is 5.38. The first kappa shape index (κ1) is 15.8. The number of amides is 1. The number of carbonyl (C=O) groups excluding carboxylic acids is 1. The van der Waals surface area contributed by atoms with Gasteiger partial charge in [0.2, 0.25) is 0 Å². The lowest BCUT2D eigenvalue weighted by Crippen LogP contribution is -2.53. The predicted octanol–water partition coefficient (Wildman–Crippen LogP) is 3.80. The molecule has 4 heteroatoms. The molecule has 1 saturated carbocycles. The molecule has 2 aromatic rings. The minimum Gasteiger partial charge on any atom is -0.459 e. The van der Waals surface area contributed by atoms with Crippen molar-refractivity contribution in [1.82, 2.24) is 4.90 Å². The third-order valence-corrected chi connectivity index (χ3v) is 4.67. The molecular formula is C19H24N2O2. The van der Waals surface area contributed by atoms with E-state index in [0.29, 0.717) is 11.8 Å². The Balaban J connectivity index is 1.99. The van der Waals surface area contributed by atoms with Crippen LogP contribution in [0.1, 0.15) is 36.2 Å². The summed E-state index contributed by atoms with van der Waals surface area (Å²) in [6.45, 7) is 0. The van der Waals surface area contributed by atoms with E-state index in [1.54, 1.807) is 18.4 Å². The molecule has 0 spiro atoms. The minimum absolute atomic E-state index is 0.0556. The van der Waals surface area contributed by atoms with Gasteiger partial charge in [-0.25, -0.2) is 0 Å². The topological polar surface area (TPSA) is 36.7 Å². The van der Waals surface area contributed by atoms with Crippen molar-refractivity contribution in [2.24, 2.45) is 0 Å². The lowest BCUT2D eigenvalue weighted by Gasteiger charge is -2.42. The smallest absolute Gasteiger partial charge is 0.294 e. The van der Waals surface area contributed by atoms with Crippen LogP contribution in [0.2, 0.25) is 0 Å². The quantitative estimate of drug-likeness (QED) is 0.861. The number of para-hydroxylation sites is 1. The number of hydrogen-bond acceptors (Lipinski definition) is 3. The van der Waals surface area contributed by atoms with Crippen LogP contribution in [-0.4, -0.2) is 37.0 Å². The summed E-state index contributed by atoms with van der Waals surface area (Å²) in [6.07, 6.45) is 6.07. The van der Waals surface area contributed by atoms with E-state index in [4.69, 9.17) is 4.42 Å². The van der Waals surface area contributed by atoms with Crippen molar-refractivity contribution in [2.45, 2.75) is 37.8 Å². The Morgan fingerprint density at radius 1 is 1.00 bits per heavy atom. The number of anilines is 1. The number of nitrogens with zero attached hydrogens (tertiary/aromatic N) is 2. The van der Waals surface area contributed by atoms with E-state index in [9.17, 15) is 4.79 Å². The van der Waals surface area contributed by atoms with Crippen LogP contribution in [0.4, 0.5) is 5.69 Å². The molecule has 23 heavy (non-hydrogen) atoms. The van der Waals surface area contributed by atoms with Gasteiger partial charge in [0, 0.05) is 11.7 Å². The second-order valence-electron chi connectivity index (χ2n) is 6.37. The van der Waals surface area contributed by atoms with Gasteiger partial charge in [-0.15, -0.1) is 0 Å². The molecule has 0 radical (unpaired) electrons. The van der Waals surface area contributed by atoms with E-state index in [0.717, 1.165) is 24.9 Å². The number of carbonyl (C=O) groups is 1. The molecule has 0 bridgehead atoms. The monoisotopic (exact) mass is 312 g/mol. The van der Waals surface area contributed by atoms with Gasteiger partial charge in [0.15, 0.2) is 5.76 Å². The Morgan fingerprint density at radius 2 is 1.70 bits per heavy atom. The van der Waals surface area contributed by atoms with E-state index in [1.165, 1.54) is 6.42 Å². The molecule has 0 saturated heterocycles. The second kappa shape index (κ2) is 7.01. The lowest BCUT2D eigenvalue weighted by molar-refractivity contribution is 0.0916. The standard InChI is InChI=1S/C19H24N2O2/c1-20(2)16-11-6-7-12-17(16)21(15-9-4-3-5-10-15)19(22)18-13-8-14-23-18/h3-5,8-10,13-14,16-17H,6-7,11-12H2,1-2H3. The average Bonchev–Trinajstić information content (AvgIpc) is 3.11. The van der Waals surface area contributed by atoms with Crippen molar-refractivity contribution in [3.63, 3.8) is 0 Å². The predicted molar refractivity (Wildman–Crippen MR) is 91.7 cm³/mol. The maximum Gasteiger partial charge on any atom is 0.294 e. The zero-order valence-corrected chi connectivity index (χ0v) is 13.8. The minimum atomic E-state index is -0.0556. The molecule has 1 aromatic carbocycles. The second-order valence-corrected chi connectivity index (χ2v) is 6.37. The zero-order chi connectivity index (χ0) is 16.2. The van der Waals surface area contributed by atoms with Gasteiger partial charge in [-0.2, -0.15) is 0 Å². The molecule has 1 fully saturated rings.